The van der Waals surface area contributed by atoms with Gasteiger partial charge in [-0.25, -0.2) is 4.98 Å². The van der Waals surface area contributed by atoms with E-state index in [2.05, 4.69) is 28.1 Å². The Morgan fingerprint density at radius 3 is 2.56 bits per heavy atom. The van der Waals surface area contributed by atoms with Gasteiger partial charge in [0, 0.05) is 31.9 Å². The van der Waals surface area contributed by atoms with E-state index in [9.17, 15) is 4.79 Å². The van der Waals surface area contributed by atoms with E-state index in [4.69, 9.17) is 4.74 Å². The monoisotopic (exact) mass is 399 g/mol. The van der Waals surface area contributed by atoms with Crippen LogP contribution in [0.5, 0.6) is 5.75 Å². The van der Waals surface area contributed by atoms with Crippen LogP contribution in [-0.4, -0.2) is 54.8 Å². The van der Waals surface area contributed by atoms with Gasteiger partial charge < -0.3 is 14.5 Å². The first-order chi connectivity index (χ1) is 13.2. The van der Waals surface area contributed by atoms with Gasteiger partial charge >= 0.3 is 0 Å². The van der Waals surface area contributed by atoms with Gasteiger partial charge in [-0.2, -0.15) is 0 Å². The number of benzene rings is 2. The Morgan fingerprint density at radius 1 is 1.11 bits per heavy atom. The summed E-state index contributed by atoms with van der Waals surface area (Å²) in [4.78, 5) is 21.4. The number of hydrogen-bond donors (Lipinski definition) is 0. The van der Waals surface area contributed by atoms with Crippen molar-refractivity contribution in [2.45, 2.75) is 4.34 Å². The number of thiazole rings is 1. The highest BCUT2D eigenvalue weighted by atomic mass is 32.2. The van der Waals surface area contributed by atoms with E-state index in [1.807, 2.05) is 35.2 Å². The summed E-state index contributed by atoms with van der Waals surface area (Å²) in [6.07, 6.45) is 0. The van der Waals surface area contributed by atoms with Gasteiger partial charge in [-0.3, -0.25) is 4.79 Å². The molecule has 0 aliphatic carbocycles. The minimum Gasteiger partial charge on any atom is -0.497 e. The number of ether oxygens (including phenoxy) is 1. The molecule has 1 aliphatic heterocycles. The molecule has 1 amide bonds. The van der Waals surface area contributed by atoms with Gasteiger partial charge in [-0.05, 0) is 36.4 Å². The van der Waals surface area contributed by atoms with Crippen molar-refractivity contribution in [2.75, 3.05) is 43.9 Å². The third-order valence-electron chi connectivity index (χ3n) is 4.66. The minimum atomic E-state index is 0.189. The molecule has 2 aromatic carbocycles. The Bertz CT molecular complexity index is 885. The molecule has 1 fully saturated rings. The number of fused-ring (bicyclic) bond motifs is 1. The third-order valence-corrected chi connectivity index (χ3v) is 6.83. The van der Waals surface area contributed by atoms with Crippen LogP contribution >= 0.6 is 23.1 Å². The maximum Gasteiger partial charge on any atom is 0.233 e. The number of aromatic nitrogens is 1. The molecule has 0 atom stereocenters. The lowest BCUT2D eigenvalue weighted by atomic mass is 10.2. The lowest BCUT2D eigenvalue weighted by molar-refractivity contribution is -0.128. The number of nitrogens with zero attached hydrogens (tertiary/aromatic N) is 3. The van der Waals surface area contributed by atoms with Crippen molar-refractivity contribution >= 4 is 44.9 Å². The first kappa shape index (κ1) is 18.1. The van der Waals surface area contributed by atoms with Crippen molar-refractivity contribution in [1.82, 2.24) is 9.88 Å². The first-order valence-electron chi connectivity index (χ1n) is 8.88. The molecule has 2 heterocycles. The molecule has 0 N–H and O–H groups in total. The Hall–Kier alpha value is -2.25. The highest BCUT2D eigenvalue weighted by Crippen LogP contribution is 2.29. The quantitative estimate of drug-likeness (QED) is 0.612. The molecule has 1 saturated heterocycles. The predicted octanol–water partition coefficient (Wildman–Crippen LogP) is 3.75. The van der Waals surface area contributed by atoms with E-state index in [1.54, 1.807) is 18.4 Å². The van der Waals surface area contributed by atoms with Gasteiger partial charge in [0.1, 0.15) is 5.75 Å². The zero-order valence-corrected chi connectivity index (χ0v) is 16.8. The van der Waals surface area contributed by atoms with Gasteiger partial charge in [-0.15, -0.1) is 11.3 Å². The summed E-state index contributed by atoms with van der Waals surface area (Å²) >= 11 is 3.19. The fourth-order valence-corrected chi connectivity index (χ4v) is 5.11. The molecule has 4 rings (SSSR count). The van der Waals surface area contributed by atoms with E-state index in [0.717, 1.165) is 41.8 Å². The van der Waals surface area contributed by atoms with Crippen LogP contribution in [0.25, 0.3) is 10.2 Å². The van der Waals surface area contributed by atoms with Crippen molar-refractivity contribution in [3.05, 3.63) is 48.5 Å². The molecule has 5 nitrogen and oxygen atoms in total. The maximum absolute atomic E-state index is 12.6. The Labute approximate surface area is 166 Å². The van der Waals surface area contributed by atoms with Crippen LogP contribution in [0, 0.1) is 0 Å². The van der Waals surface area contributed by atoms with Gasteiger partial charge in [0.25, 0.3) is 0 Å². The highest BCUT2D eigenvalue weighted by Gasteiger charge is 2.21. The molecule has 3 aromatic rings. The standard InChI is InChI=1S/C20H21N3O2S2/c1-25-16-8-6-15(7-9-16)22-10-12-23(13-11-22)19(24)14-26-20-21-17-4-2-3-5-18(17)27-20/h2-9H,10-14H2,1H3. The molecule has 140 valence electrons. The number of methoxy groups -OCH3 is 1. The molecule has 0 radical (unpaired) electrons. The van der Waals surface area contributed by atoms with Crippen LogP contribution in [0.15, 0.2) is 52.9 Å². The summed E-state index contributed by atoms with van der Waals surface area (Å²) in [7, 11) is 1.67. The Kier molecular flexibility index (Phi) is 5.50. The average molecular weight is 400 g/mol. The molecular formula is C20H21N3O2S2. The van der Waals surface area contributed by atoms with E-state index in [1.165, 1.54) is 22.1 Å². The van der Waals surface area contributed by atoms with Crippen molar-refractivity contribution in [1.29, 1.82) is 0 Å². The van der Waals surface area contributed by atoms with E-state index >= 15 is 0 Å². The Balaban J connectivity index is 1.29. The normalized spacial score (nSPS) is 14.6. The molecule has 0 saturated carbocycles. The summed E-state index contributed by atoms with van der Waals surface area (Å²) in [6.45, 7) is 3.21. The van der Waals surface area contributed by atoms with Crippen molar-refractivity contribution in [3.63, 3.8) is 0 Å². The smallest absolute Gasteiger partial charge is 0.233 e. The Morgan fingerprint density at radius 2 is 1.85 bits per heavy atom. The summed E-state index contributed by atoms with van der Waals surface area (Å²) in [5.41, 5.74) is 2.18. The molecular weight excluding hydrogens is 378 g/mol. The third kappa shape index (κ3) is 4.20. The minimum absolute atomic E-state index is 0.189. The number of rotatable bonds is 5. The van der Waals surface area contributed by atoms with Crippen LogP contribution in [0.3, 0.4) is 0 Å². The average Bonchev–Trinajstić information content (AvgIpc) is 3.15. The number of anilines is 1. The van der Waals surface area contributed by atoms with Gasteiger partial charge in [0.05, 0.1) is 23.1 Å². The second-order valence-corrected chi connectivity index (χ2v) is 8.56. The van der Waals surface area contributed by atoms with Crippen LogP contribution in [0.1, 0.15) is 0 Å². The molecule has 0 unspecified atom stereocenters. The summed E-state index contributed by atoms with van der Waals surface area (Å²) in [5, 5.41) is 0. The van der Waals surface area contributed by atoms with Gasteiger partial charge in [0.15, 0.2) is 4.34 Å². The largest absolute Gasteiger partial charge is 0.497 e. The van der Waals surface area contributed by atoms with E-state index in [-0.39, 0.29) is 5.91 Å². The number of carbonyl (C=O) groups is 1. The number of hydrogen-bond acceptors (Lipinski definition) is 6. The van der Waals surface area contributed by atoms with Crippen LogP contribution in [0.2, 0.25) is 0 Å². The maximum atomic E-state index is 12.6. The summed E-state index contributed by atoms with van der Waals surface area (Å²) in [6, 6.07) is 16.2. The van der Waals surface area contributed by atoms with Crippen LogP contribution in [-0.2, 0) is 4.79 Å². The molecule has 27 heavy (non-hydrogen) atoms. The highest BCUT2D eigenvalue weighted by molar-refractivity contribution is 8.01. The first-order valence-corrected chi connectivity index (χ1v) is 10.7. The lowest BCUT2D eigenvalue weighted by Crippen LogP contribution is -2.49. The second-order valence-electron chi connectivity index (χ2n) is 6.30. The fourth-order valence-electron chi connectivity index (χ4n) is 3.13. The molecule has 1 aliphatic rings. The van der Waals surface area contributed by atoms with Crippen molar-refractivity contribution in [3.8, 4) is 5.75 Å². The zero-order valence-electron chi connectivity index (χ0n) is 15.1. The van der Waals surface area contributed by atoms with Crippen LogP contribution < -0.4 is 9.64 Å². The lowest BCUT2D eigenvalue weighted by Gasteiger charge is -2.36. The van der Waals surface area contributed by atoms with Crippen LogP contribution in [0.4, 0.5) is 5.69 Å². The number of piperazine rings is 1. The fraction of sp³-hybridized carbons (Fsp3) is 0.300. The van der Waals surface area contributed by atoms with E-state index < -0.39 is 0 Å². The van der Waals surface area contributed by atoms with E-state index in [0.29, 0.717) is 5.75 Å². The van der Waals surface area contributed by atoms with Gasteiger partial charge in [-0.1, -0.05) is 23.9 Å². The molecule has 7 heteroatoms. The number of thioether (sulfide) groups is 1. The molecule has 0 bridgehead atoms. The second kappa shape index (κ2) is 8.19. The molecule has 1 aromatic heterocycles. The summed E-state index contributed by atoms with van der Waals surface area (Å²) in [5.74, 6) is 1.50. The number of para-hydroxylation sites is 1. The zero-order chi connectivity index (χ0) is 18.6. The molecule has 0 spiro atoms. The predicted molar refractivity (Wildman–Crippen MR) is 112 cm³/mol. The topological polar surface area (TPSA) is 45.7 Å². The summed E-state index contributed by atoms with van der Waals surface area (Å²) < 4.78 is 7.34. The number of amides is 1. The van der Waals surface area contributed by atoms with Gasteiger partial charge in [0.2, 0.25) is 5.91 Å². The SMILES string of the molecule is COc1ccc(N2CCN(C(=O)CSc3nc4ccccc4s3)CC2)cc1. The van der Waals surface area contributed by atoms with Crippen molar-refractivity contribution < 1.29 is 9.53 Å². The number of carbonyl (C=O) groups excluding carboxylic acids is 1. The van der Waals surface area contributed by atoms with Crippen molar-refractivity contribution in [2.24, 2.45) is 0 Å².